The fourth-order valence-corrected chi connectivity index (χ4v) is 3.50. The van der Waals surface area contributed by atoms with Crippen LogP contribution in [0.1, 0.15) is 25.3 Å². The average Bonchev–Trinajstić information content (AvgIpc) is 2.89. The molecule has 0 amide bonds. The topological polar surface area (TPSA) is 26.7 Å². The first-order valence-corrected chi connectivity index (χ1v) is 7.75. The van der Waals surface area contributed by atoms with Crippen LogP contribution < -0.4 is 4.90 Å². The minimum atomic E-state index is 0.367. The third-order valence-corrected chi connectivity index (χ3v) is 4.65. The van der Waals surface area contributed by atoms with E-state index < -0.39 is 0 Å². The molecule has 3 rings (SSSR count). The van der Waals surface area contributed by atoms with E-state index in [1.807, 2.05) is 24.3 Å². The van der Waals surface area contributed by atoms with Crippen molar-refractivity contribution >= 4 is 23.0 Å². The van der Waals surface area contributed by atoms with Gasteiger partial charge in [-0.3, -0.25) is 4.90 Å². The molecule has 0 aromatic heterocycles. The van der Waals surface area contributed by atoms with E-state index in [0.717, 1.165) is 35.9 Å². The van der Waals surface area contributed by atoms with E-state index in [1.165, 1.54) is 19.4 Å². The lowest BCUT2D eigenvalue weighted by atomic mass is 10.0. The SMILES string of the molecule is CCN1CCCC1CN1CC=C(O)c2ccc(Cl)cc21. The van der Waals surface area contributed by atoms with E-state index in [0.29, 0.717) is 11.8 Å². The molecule has 0 saturated carbocycles. The van der Waals surface area contributed by atoms with Crippen LogP contribution in [0.3, 0.4) is 0 Å². The molecule has 0 bridgehead atoms. The van der Waals surface area contributed by atoms with E-state index in [-0.39, 0.29) is 0 Å². The average molecular weight is 293 g/mol. The molecule has 2 aliphatic heterocycles. The van der Waals surface area contributed by atoms with Crippen LogP contribution in [0.5, 0.6) is 0 Å². The van der Waals surface area contributed by atoms with Gasteiger partial charge in [-0.2, -0.15) is 0 Å². The van der Waals surface area contributed by atoms with Crippen molar-refractivity contribution in [3.8, 4) is 0 Å². The zero-order valence-corrected chi connectivity index (χ0v) is 12.6. The first-order chi connectivity index (χ1) is 9.69. The summed E-state index contributed by atoms with van der Waals surface area (Å²) in [6.45, 7) is 6.31. The van der Waals surface area contributed by atoms with Crippen LogP contribution in [-0.4, -0.2) is 42.2 Å². The highest BCUT2D eigenvalue weighted by Gasteiger charge is 2.27. The van der Waals surface area contributed by atoms with Crippen LogP contribution >= 0.6 is 11.6 Å². The number of nitrogens with zero attached hydrogens (tertiary/aromatic N) is 2. The maximum absolute atomic E-state index is 10.0. The number of rotatable bonds is 3. The molecule has 1 saturated heterocycles. The highest BCUT2D eigenvalue weighted by molar-refractivity contribution is 6.31. The Morgan fingerprint density at radius 3 is 3.05 bits per heavy atom. The normalized spacial score (nSPS) is 22.8. The van der Waals surface area contributed by atoms with Gasteiger partial charge in [0, 0.05) is 35.4 Å². The fraction of sp³-hybridized carbons (Fsp3) is 0.500. The highest BCUT2D eigenvalue weighted by Crippen LogP contribution is 2.33. The first kappa shape index (κ1) is 13.8. The lowest BCUT2D eigenvalue weighted by Gasteiger charge is -2.34. The van der Waals surface area contributed by atoms with Gasteiger partial charge in [0.2, 0.25) is 0 Å². The second kappa shape index (κ2) is 5.66. The molecule has 1 aromatic rings. The molecule has 1 N–H and O–H groups in total. The lowest BCUT2D eigenvalue weighted by Crippen LogP contribution is -2.41. The molecule has 0 spiro atoms. The molecular weight excluding hydrogens is 272 g/mol. The summed E-state index contributed by atoms with van der Waals surface area (Å²) < 4.78 is 0. The van der Waals surface area contributed by atoms with Crippen LogP contribution in [0, 0.1) is 0 Å². The molecule has 0 radical (unpaired) electrons. The molecule has 0 aliphatic carbocycles. The van der Waals surface area contributed by atoms with Gasteiger partial charge in [-0.25, -0.2) is 0 Å². The van der Waals surface area contributed by atoms with Gasteiger partial charge in [0.05, 0.1) is 0 Å². The van der Waals surface area contributed by atoms with Crippen molar-refractivity contribution in [2.24, 2.45) is 0 Å². The van der Waals surface area contributed by atoms with E-state index in [1.54, 1.807) is 0 Å². The Kier molecular flexibility index (Phi) is 3.90. The van der Waals surface area contributed by atoms with Gasteiger partial charge in [-0.1, -0.05) is 18.5 Å². The van der Waals surface area contributed by atoms with Gasteiger partial charge in [0.25, 0.3) is 0 Å². The predicted octanol–water partition coefficient (Wildman–Crippen LogP) is 3.54. The molecule has 1 fully saturated rings. The number of likely N-dealkylation sites (tertiary alicyclic amines) is 1. The van der Waals surface area contributed by atoms with Gasteiger partial charge in [-0.05, 0) is 50.2 Å². The summed E-state index contributed by atoms with van der Waals surface area (Å²) in [5.41, 5.74) is 1.95. The zero-order valence-electron chi connectivity index (χ0n) is 11.8. The smallest absolute Gasteiger partial charge is 0.122 e. The molecule has 1 atom stereocenters. The Bertz CT molecular complexity index is 529. The summed E-state index contributed by atoms with van der Waals surface area (Å²) in [6.07, 6.45) is 4.44. The number of hydrogen-bond acceptors (Lipinski definition) is 3. The minimum absolute atomic E-state index is 0.367. The highest BCUT2D eigenvalue weighted by atomic mass is 35.5. The number of aliphatic hydroxyl groups is 1. The fourth-order valence-electron chi connectivity index (χ4n) is 3.33. The second-order valence-electron chi connectivity index (χ2n) is 5.58. The van der Waals surface area contributed by atoms with Gasteiger partial charge < -0.3 is 10.0 Å². The summed E-state index contributed by atoms with van der Waals surface area (Å²) in [5.74, 6) is 0.367. The van der Waals surface area contributed by atoms with Crippen molar-refractivity contribution in [2.75, 3.05) is 31.1 Å². The van der Waals surface area contributed by atoms with Crippen LogP contribution in [0.15, 0.2) is 24.3 Å². The van der Waals surface area contributed by atoms with E-state index in [2.05, 4.69) is 16.7 Å². The quantitative estimate of drug-likeness (QED) is 0.923. The molecule has 1 unspecified atom stereocenters. The van der Waals surface area contributed by atoms with Crippen LogP contribution in [0.4, 0.5) is 5.69 Å². The number of anilines is 1. The molecule has 2 heterocycles. The summed E-state index contributed by atoms with van der Waals surface area (Å²) >= 11 is 6.12. The second-order valence-corrected chi connectivity index (χ2v) is 6.02. The molecule has 2 aliphatic rings. The summed E-state index contributed by atoms with van der Waals surface area (Å²) in [5, 5.41) is 10.7. The number of likely N-dealkylation sites (N-methyl/N-ethyl adjacent to an activating group) is 1. The van der Waals surface area contributed by atoms with E-state index >= 15 is 0 Å². The predicted molar refractivity (Wildman–Crippen MR) is 84.5 cm³/mol. The monoisotopic (exact) mass is 292 g/mol. The summed E-state index contributed by atoms with van der Waals surface area (Å²) in [6, 6.07) is 6.32. The van der Waals surface area contributed by atoms with Crippen molar-refractivity contribution in [1.29, 1.82) is 0 Å². The van der Waals surface area contributed by atoms with Crippen LogP contribution in [0.2, 0.25) is 5.02 Å². The number of fused-ring (bicyclic) bond motifs is 1. The summed E-state index contributed by atoms with van der Waals surface area (Å²) in [4.78, 5) is 4.88. The van der Waals surface area contributed by atoms with Gasteiger partial charge in [0.1, 0.15) is 5.76 Å². The number of hydrogen-bond donors (Lipinski definition) is 1. The molecule has 20 heavy (non-hydrogen) atoms. The molecule has 108 valence electrons. The van der Waals surface area contributed by atoms with Crippen molar-refractivity contribution in [1.82, 2.24) is 4.90 Å². The molecule has 3 nitrogen and oxygen atoms in total. The summed E-state index contributed by atoms with van der Waals surface area (Å²) in [7, 11) is 0. The Morgan fingerprint density at radius 2 is 2.25 bits per heavy atom. The number of aliphatic hydroxyl groups excluding tert-OH is 1. The van der Waals surface area contributed by atoms with Crippen LogP contribution in [0.25, 0.3) is 5.76 Å². The number of halogens is 1. The Hall–Kier alpha value is -1.19. The molecule has 1 aromatic carbocycles. The van der Waals surface area contributed by atoms with Crippen molar-refractivity contribution in [3.63, 3.8) is 0 Å². The maximum atomic E-state index is 10.0. The van der Waals surface area contributed by atoms with Gasteiger partial charge in [0.15, 0.2) is 0 Å². The van der Waals surface area contributed by atoms with Gasteiger partial charge in [-0.15, -0.1) is 0 Å². The van der Waals surface area contributed by atoms with Crippen LogP contribution in [-0.2, 0) is 0 Å². The molecule has 4 heteroatoms. The Labute approximate surface area is 125 Å². The largest absolute Gasteiger partial charge is 0.508 e. The first-order valence-electron chi connectivity index (χ1n) is 7.37. The third kappa shape index (κ3) is 2.52. The Balaban J connectivity index is 1.84. The van der Waals surface area contributed by atoms with E-state index in [9.17, 15) is 5.11 Å². The van der Waals surface area contributed by atoms with Crippen molar-refractivity contribution in [3.05, 3.63) is 34.9 Å². The standard InChI is InChI=1S/C16H21ClN2O/c1-2-18-8-3-4-13(18)11-19-9-7-16(20)14-6-5-12(17)10-15(14)19/h5-7,10,13,20H,2-4,8-9,11H2,1H3. The Morgan fingerprint density at radius 1 is 1.40 bits per heavy atom. The van der Waals surface area contributed by atoms with Gasteiger partial charge >= 0.3 is 0 Å². The van der Waals surface area contributed by atoms with Crippen molar-refractivity contribution in [2.45, 2.75) is 25.8 Å². The lowest BCUT2D eigenvalue weighted by molar-refractivity contribution is 0.269. The minimum Gasteiger partial charge on any atom is -0.508 e. The maximum Gasteiger partial charge on any atom is 0.122 e. The molecular formula is C16H21ClN2O. The van der Waals surface area contributed by atoms with Crippen molar-refractivity contribution < 1.29 is 5.11 Å². The van der Waals surface area contributed by atoms with E-state index in [4.69, 9.17) is 11.6 Å². The number of benzene rings is 1. The zero-order chi connectivity index (χ0) is 14.1. The third-order valence-electron chi connectivity index (χ3n) is 4.42.